The Kier molecular flexibility index (Phi) is 5.28. The maximum Gasteiger partial charge on any atom is 0.215 e. The van der Waals surface area contributed by atoms with Crippen LogP contribution < -0.4 is 4.72 Å². The van der Waals surface area contributed by atoms with Gasteiger partial charge < -0.3 is 4.90 Å². The van der Waals surface area contributed by atoms with Gasteiger partial charge in [-0.3, -0.25) is 0 Å². The van der Waals surface area contributed by atoms with Gasteiger partial charge >= 0.3 is 0 Å². The summed E-state index contributed by atoms with van der Waals surface area (Å²) < 4.78 is 26.0. The predicted molar refractivity (Wildman–Crippen MR) is 70.3 cm³/mol. The number of nitriles is 1. The molecule has 0 radical (unpaired) electrons. The van der Waals surface area contributed by atoms with Gasteiger partial charge in [-0.25, -0.2) is 13.1 Å². The zero-order valence-corrected chi connectivity index (χ0v) is 11.4. The Morgan fingerprint density at radius 1 is 1.28 bits per heavy atom. The van der Waals surface area contributed by atoms with E-state index in [1.54, 1.807) is 24.3 Å². The summed E-state index contributed by atoms with van der Waals surface area (Å²) in [5.41, 5.74) is 1.20. The molecule has 0 bridgehead atoms. The van der Waals surface area contributed by atoms with Crippen LogP contribution in [0.3, 0.4) is 0 Å². The number of sulfonamides is 1. The molecule has 5 nitrogen and oxygen atoms in total. The summed E-state index contributed by atoms with van der Waals surface area (Å²) in [5.74, 6) is -0.0634. The van der Waals surface area contributed by atoms with Gasteiger partial charge in [0.2, 0.25) is 10.0 Å². The molecule has 1 N–H and O–H groups in total. The molecule has 0 atom stereocenters. The van der Waals surface area contributed by atoms with Crippen molar-refractivity contribution >= 4 is 10.0 Å². The number of nitrogens with zero attached hydrogens (tertiary/aromatic N) is 2. The molecule has 0 saturated carbocycles. The molecular weight excluding hydrogens is 250 g/mol. The Morgan fingerprint density at radius 3 is 2.39 bits per heavy atom. The maximum absolute atomic E-state index is 11.7. The normalized spacial score (nSPS) is 11.4. The van der Waals surface area contributed by atoms with Gasteiger partial charge in [-0.05, 0) is 31.8 Å². The molecule has 0 spiro atoms. The molecule has 0 amide bonds. The van der Waals surface area contributed by atoms with Crippen molar-refractivity contribution < 1.29 is 8.42 Å². The number of hydrogen-bond donors (Lipinski definition) is 1. The fourth-order valence-corrected chi connectivity index (χ4v) is 2.51. The number of nitrogens with one attached hydrogen (secondary N) is 1. The standard InChI is InChI=1S/C12H17N3O2S/c1-15(2)8-7-14-18(16,17)10-12-5-3-11(9-13)4-6-12/h3-6,14H,7-8,10H2,1-2H3. The van der Waals surface area contributed by atoms with E-state index in [1.165, 1.54) is 0 Å². The third-order valence-corrected chi connectivity index (χ3v) is 3.68. The topological polar surface area (TPSA) is 73.2 Å². The lowest BCUT2D eigenvalue weighted by Crippen LogP contribution is -2.32. The van der Waals surface area contributed by atoms with Crippen LogP contribution in [0.25, 0.3) is 0 Å². The lowest BCUT2D eigenvalue weighted by atomic mass is 10.2. The van der Waals surface area contributed by atoms with E-state index in [0.717, 1.165) is 0 Å². The van der Waals surface area contributed by atoms with Crippen molar-refractivity contribution in [1.29, 1.82) is 5.26 Å². The fourth-order valence-electron chi connectivity index (χ4n) is 1.37. The average Bonchev–Trinajstić information content (AvgIpc) is 2.28. The first kappa shape index (κ1) is 14.6. The van der Waals surface area contributed by atoms with Crippen molar-refractivity contribution in [1.82, 2.24) is 9.62 Å². The molecule has 0 unspecified atom stereocenters. The summed E-state index contributed by atoms with van der Waals surface area (Å²) in [6.45, 7) is 1.05. The predicted octanol–water partition coefficient (Wildman–Crippen LogP) is 0.539. The highest BCUT2D eigenvalue weighted by Gasteiger charge is 2.10. The zero-order chi connectivity index (χ0) is 13.6. The highest BCUT2D eigenvalue weighted by Crippen LogP contribution is 2.06. The van der Waals surface area contributed by atoms with Gasteiger partial charge in [0, 0.05) is 13.1 Å². The van der Waals surface area contributed by atoms with Crippen LogP contribution in [0.15, 0.2) is 24.3 Å². The summed E-state index contributed by atoms with van der Waals surface area (Å²) >= 11 is 0. The van der Waals surface area contributed by atoms with Crippen molar-refractivity contribution in [2.24, 2.45) is 0 Å². The molecule has 0 saturated heterocycles. The first-order valence-corrected chi connectivity index (χ1v) is 7.19. The Labute approximate surface area is 108 Å². The Bertz CT molecular complexity index is 515. The van der Waals surface area contributed by atoms with Crippen molar-refractivity contribution in [3.8, 4) is 6.07 Å². The minimum atomic E-state index is -3.31. The van der Waals surface area contributed by atoms with E-state index in [2.05, 4.69) is 4.72 Å². The summed E-state index contributed by atoms with van der Waals surface area (Å²) in [7, 11) is 0.458. The van der Waals surface area contributed by atoms with Crippen LogP contribution in [0.2, 0.25) is 0 Å². The highest BCUT2D eigenvalue weighted by molar-refractivity contribution is 7.88. The molecule has 0 aromatic heterocycles. The monoisotopic (exact) mass is 267 g/mol. The van der Waals surface area contributed by atoms with Gasteiger partial charge in [-0.15, -0.1) is 0 Å². The Hall–Kier alpha value is -1.42. The zero-order valence-electron chi connectivity index (χ0n) is 10.5. The largest absolute Gasteiger partial charge is 0.308 e. The lowest BCUT2D eigenvalue weighted by molar-refractivity contribution is 0.412. The van der Waals surface area contributed by atoms with E-state index < -0.39 is 10.0 Å². The summed E-state index contributed by atoms with van der Waals surface area (Å²) in [5, 5.41) is 8.64. The van der Waals surface area contributed by atoms with Crippen LogP contribution in [0, 0.1) is 11.3 Å². The second kappa shape index (κ2) is 6.50. The molecule has 1 aromatic carbocycles. The maximum atomic E-state index is 11.7. The summed E-state index contributed by atoms with van der Waals surface area (Å²) in [6, 6.07) is 8.54. The minimum Gasteiger partial charge on any atom is -0.308 e. The van der Waals surface area contributed by atoms with Crippen LogP contribution in [0.1, 0.15) is 11.1 Å². The summed E-state index contributed by atoms with van der Waals surface area (Å²) in [6.07, 6.45) is 0. The van der Waals surface area contributed by atoms with E-state index >= 15 is 0 Å². The highest BCUT2D eigenvalue weighted by atomic mass is 32.2. The molecule has 0 aliphatic carbocycles. The first-order chi connectivity index (χ1) is 8.43. The van der Waals surface area contributed by atoms with Gasteiger partial charge in [0.15, 0.2) is 0 Å². The van der Waals surface area contributed by atoms with Gasteiger partial charge in [0.25, 0.3) is 0 Å². The molecule has 0 aliphatic rings. The van der Waals surface area contributed by atoms with Gasteiger partial charge in [0.05, 0.1) is 17.4 Å². The molecule has 1 rings (SSSR count). The molecule has 0 heterocycles. The van der Waals surface area contributed by atoms with Gasteiger partial charge in [-0.2, -0.15) is 5.26 Å². The Balaban J connectivity index is 2.57. The van der Waals surface area contributed by atoms with Crippen LogP contribution in [0.4, 0.5) is 0 Å². The van der Waals surface area contributed by atoms with Crippen LogP contribution in [0.5, 0.6) is 0 Å². The molecule has 1 aromatic rings. The number of hydrogen-bond acceptors (Lipinski definition) is 4. The smallest absolute Gasteiger partial charge is 0.215 e. The average molecular weight is 267 g/mol. The molecule has 98 valence electrons. The van der Waals surface area contributed by atoms with Crippen molar-refractivity contribution in [2.75, 3.05) is 27.2 Å². The third-order valence-electron chi connectivity index (χ3n) is 2.32. The number of rotatable bonds is 6. The van der Waals surface area contributed by atoms with E-state index in [-0.39, 0.29) is 5.75 Å². The van der Waals surface area contributed by atoms with E-state index in [9.17, 15) is 8.42 Å². The second-order valence-corrected chi connectivity index (χ2v) is 6.07. The van der Waals surface area contributed by atoms with Crippen molar-refractivity contribution in [3.63, 3.8) is 0 Å². The quantitative estimate of drug-likeness (QED) is 0.816. The second-order valence-electron chi connectivity index (χ2n) is 4.27. The number of likely N-dealkylation sites (N-methyl/N-ethyl adjacent to an activating group) is 1. The van der Waals surface area contributed by atoms with Gasteiger partial charge in [0.1, 0.15) is 0 Å². The Morgan fingerprint density at radius 2 is 1.89 bits per heavy atom. The third kappa shape index (κ3) is 5.27. The van der Waals surface area contributed by atoms with Crippen LogP contribution >= 0.6 is 0 Å². The molecule has 18 heavy (non-hydrogen) atoms. The SMILES string of the molecule is CN(C)CCNS(=O)(=O)Cc1ccc(C#N)cc1. The molecule has 6 heteroatoms. The fraction of sp³-hybridized carbons (Fsp3) is 0.417. The van der Waals surface area contributed by atoms with Crippen LogP contribution in [-0.4, -0.2) is 40.5 Å². The van der Waals surface area contributed by atoms with Crippen molar-refractivity contribution in [2.45, 2.75) is 5.75 Å². The van der Waals surface area contributed by atoms with Crippen molar-refractivity contribution in [3.05, 3.63) is 35.4 Å². The van der Waals surface area contributed by atoms with E-state index in [0.29, 0.717) is 24.2 Å². The first-order valence-electron chi connectivity index (χ1n) is 5.54. The minimum absolute atomic E-state index is 0.0634. The molecule has 0 aliphatic heterocycles. The van der Waals surface area contributed by atoms with E-state index in [4.69, 9.17) is 5.26 Å². The van der Waals surface area contributed by atoms with Crippen LogP contribution in [-0.2, 0) is 15.8 Å². The molecular formula is C12H17N3O2S. The number of benzene rings is 1. The lowest BCUT2D eigenvalue weighted by Gasteiger charge is -2.10. The summed E-state index contributed by atoms with van der Waals surface area (Å²) in [4.78, 5) is 1.91. The molecule has 0 fully saturated rings. The van der Waals surface area contributed by atoms with E-state index in [1.807, 2.05) is 25.1 Å². The van der Waals surface area contributed by atoms with Gasteiger partial charge in [-0.1, -0.05) is 12.1 Å².